The Morgan fingerprint density at radius 3 is 2.93 bits per heavy atom. The summed E-state index contributed by atoms with van der Waals surface area (Å²) >= 11 is 1.76. The molecule has 2 atom stereocenters. The summed E-state index contributed by atoms with van der Waals surface area (Å²) in [7, 11) is 0. The average Bonchev–Trinajstić information content (AvgIpc) is 2.67. The Balaban J connectivity index is 1.93. The van der Waals surface area contributed by atoms with Gasteiger partial charge in [0.1, 0.15) is 0 Å². The van der Waals surface area contributed by atoms with Gasteiger partial charge in [-0.3, -0.25) is 0 Å². The van der Waals surface area contributed by atoms with Crippen molar-refractivity contribution in [2.45, 2.75) is 45.0 Å². The van der Waals surface area contributed by atoms with Gasteiger partial charge in [-0.1, -0.05) is 0 Å². The summed E-state index contributed by atoms with van der Waals surface area (Å²) in [4.78, 5) is 0. The van der Waals surface area contributed by atoms with Crippen LogP contribution in [0.15, 0.2) is 0 Å². The zero-order valence-corrected chi connectivity index (χ0v) is 10.5. The molecule has 0 aromatic rings. The van der Waals surface area contributed by atoms with Crippen LogP contribution in [0.25, 0.3) is 0 Å². The molecule has 1 aliphatic heterocycles. The van der Waals surface area contributed by atoms with E-state index < -0.39 is 0 Å². The standard InChI is InChI=1S/C11H22O3S/c1-9(2)14-6-10(12)7-15-8-11-4-3-5-13-11/h9-12H,3-8H2,1-2H3. The molecular formula is C11H22O3S. The van der Waals surface area contributed by atoms with E-state index in [9.17, 15) is 5.11 Å². The van der Waals surface area contributed by atoms with Crippen molar-refractivity contribution in [3.63, 3.8) is 0 Å². The molecule has 0 aromatic carbocycles. The lowest BCUT2D eigenvalue weighted by Gasteiger charge is -2.14. The zero-order chi connectivity index (χ0) is 11.1. The van der Waals surface area contributed by atoms with E-state index >= 15 is 0 Å². The van der Waals surface area contributed by atoms with Crippen LogP contribution in [0, 0.1) is 0 Å². The number of aliphatic hydroxyl groups is 1. The molecule has 1 fully saturated rings. The Bertz CT molecular complexity index is 158. The molecule has 0 amide bonds. The second-order valence-corrected chi connectivity index (χ2v) is 5.28. The van der Waals surface area contributed by atoms with Gasteiger partial charge in [-0.25, -0.2) is 0 Å². The van der Waals surface area contributed by atoms with Crippen LogP contribution in [0.4, 0.5) is 0 Å². The molecule has 15 heavy (non-hydrogen) atoms. The van der Waals surface area contributed by atoms with E-state index in [4.69, 9.17) is 9.47 Å². The highest BCUT2D eigenvalue weighted by atomic mass is 32.2. The average molecular weight is 234 g/mol. The maximum absolute atomic E-state index is 9.59. The second-order valence-electron chi connectivity index (χ2n) is 4.21. The molecule has 1 aliphatic rings. The highest BCUT2D eigenvalue weighted by Gasteiger charge is 2.16. The summed E-state index contributed by atoms with van der Waals surface area (Å²) in [5.41, 5.74) is 0. The van der Waals surface area contributed by atoms with Gasteiger partial charge in [0.2, 0.25) is 0 Å². The molecule has 1 heterocycles. The Kier molecular flexibility index (Phi) is 6.64. The van der Waals surface area contributed by atoms with Crippen molar-refractivity contribution >= 4 is 11.8 Å². The Morgan fingerprint density at radius 2 is 2.33 bits per heavy atom. The molecular weight excluding hydrogens is 212 g/mol. The molecule has 0 aliphatic carbocycles. The van der Waals surface area contributed by atoms with Crippen LogP contribution < -0.4 is 0 Å². The summed E-state index contributed by atoms with van der Waals surface area (Å²) < 4.78 is 10.8. The highest BCUT2D eigenvalue weighted by Crippen LogP contribution is 2.17. The Labute approximate surface area is 96.5 Å². The van der Waals surface area contributed by atoms with E-state index in [1.165, 1.54) is 12.8 Å². The van der Waals surface area contributed by atoms with Crippen molar-refractivity contribution in [1.29, 1.82) is 0 Å². The lowest BCUT2D eigenvalue weighted by atomic mass is 10.3. The second kappa shape index (κ2) is 7.49. The third kappa shape index (κ3) is 6.40. The van der Waals surface area contributed by atoms with Gasteiger partial charge in [-0.05, 0) is 26.7 Å². The molecule has 1 N–H and O–H groups in total. The molecule has 0 saturated carbocycles. The summed E-state index contributed by atoms with van der Waals surface area (Å²) in [6.07, 6.45) is 2.62. The molecule has 1 saturated heterocycles. The van der Waals surface area contributed by atoms with Gasteiger partial charge in [-0.2, -0.15) is 11.8 Å². The molecule has 90 valence electrons. The lowest BCUT2D eigenvalue weighted by molar-refractivity contribution is 0.0152. The van der Waals surface area contributed by atoms with Gasteiger partial charge in [0.05, 0.1) is 24.9 Å². The van der Waals surface area contributed by atoms with Gasteiger partial charge in [0, 0.05) is 18.1 Å². The first-order chi connectivity index (χ1) is 7.18. The molecule has 0 aromatic heterocycles. The predicted octanol–water partition coefficient (Wildman–Crippen LogP) is 1.68. The lowest BCUT2D eigenvalue weighted by Crippen LogP contribution is -2.21. The van der Waals surface area contributed by atoms with E-state index in [2.05, 4.69) is 0 Å². The van der Waals surface area contributed by atoms with Crippen molar-refractivity contribution in [3.05, 3.63) is 0 Å². The van der Waals surface area contributed by atoms with Crippen LogP contribution in [0.2, 0.25) is 0 Å². The molecule has 0 spiro atoms. The van der Waals surface area contributed by atoms with E-state index in [1.54, 1.807) is 11.8 Å². The predicted molar refractivity (Wildman–Crippen MR) is 63.4 cm³/mol. The number of thioether (sulfide) groups is 1. The first-order valence-corrected chi connectivity index (χ1v) is 6.83. The van der Waals surface area contributed by atoms with Gasteiger partial charge in [0.15, 0.2) is 0 Å². The molecule has 0 radical (unpaired) electrons. The summed E-state index contributed by atoms with van der Waals surface area (Å²) in [5.74, 6) is 1.74. The fourth-order valence-corrected chi connectivity index (χ4v) is 2.49. The SMILES string of the molecule is CC(C)OCC(O)CSCC1CCCO1. The van der Waals surface area contributed by atoms with Gasteiger partial charge in [0.25, 0.3) is 0 Å². The van der Waals surface area contributed by atoms with E-state index in [0.717, 1.165) is 18.1 Å². The van der Waals surface area contributed by atoms with Gasteiger partial charge < -0.3 is 14.6 Å². The van der Waals surface area contributed by atoms with E-state index in [0.29, 0.717) is 12.7 Å². The fraction of sp³-hybridized carbons (Fsp3) is 1.00. The smallest absolute Gasteiger partial charge is 0.0863 e. The topological polar surface area (TPSA) is 38.7 Å². The van der Waals surface area contributed by atoms with Gasteiger partial charge >= 0.3 is 0 Å². The minimum Gasteiger partial charge on any atom is -0.390 e. The molecule has 3 nitrogen and oxygen atoms in total. The first-order valence-electron chi connectivity index (χ1n) is 5.67. The van der Waals surface area contributed by atoms with Crippen molar-refractivity contribution in [2.75, 3.05) is 24.7 Å². The maximum atomic E-state index is 9.59. The monoisotopic (exact) mass is 234 g/mol. The first kappa shape index (κ1) is 13.3. The highest BCUT2D eigenvalue weighted by molar-refractivity contribution is 7.99. The number of aliphatic hydroxyl groups excluding tert-OH is 1. The fourth-order valence-electron chi connectivity index (χ4n) is 1.46. The van der Waals surface area contributed by atoms with Crippen LogP contribution in [0.5, 0.6) is 0 Å². The van der Waals surface area contributed by atoms with Gasteiger partial charge in [-0.15, -0.1) is 0 Å². The van der Waals surface area contributed by atoms with Crippen LogP contribution in [-0.4, -0.2) is 48.1 Å². The van der Waals surface area contributed by atoms with Crippen molar-refractivity contribution < 1.29 is 14.6 Å². The molecule has 0 bridgehead atoms. The normalized spacial score (nSPS) is 23.6. The van der Waals surface area contributed by atoms with Crippen LogP contribution >= 0.6 is 11.8 Å². The van der Waals surface area contributed by atoms with Crippen LogP contribution in [0.1, 0.15) is 26.7 Å². The maximum Gasteiger partial charge on any atom is 0.0863 e. The minimum absolute atomic E-state index is 0.197. The van der Waals surface area contributed by atoms with Crippen LogP contribution in [-0.2, 0) is 9.47 Å². The molecule has 2 unspecified atom stereocenters. The van der Waals surface area contributed by atoms with E-state index in [1.807, 2.05) is 13.8 Å². The number of hydrogen-bond donors (Lipinski definition) is 1. The Morgan fingerprint density at radius 1 is 1.53 bits per heavy atom. The number of rotatable bonds is 7. The molecule has 1 rings (SSSR count). The van der Waals surface area contributed by atoms with Crippen molar-refractivity contribution in [3.8, 4) is 0 Å². The number of ether oxygens (including phenoxy) is 2. The summed E-state index contributed by atoms with van der Waals surface area (Å²) in [5, 5.41) is 9.59. The quantitative estimate of drug-likeness (QED) is 0.727. The summed E-state index contributed by atoms with van der Waals surface area (Å²) in [6.45, 7) is 5.30. The minimum atomic E-state index is -0.348. The van der Waals surface area contributed by atoms with E-state index in [-0.39, 0.29) is 12.2 Å². The molecule has 4 heteroatoms. The van der Waals surface area contributed by atoms with Crippen LogP contribution in [0.3, 0.4) is 0 Å². The third-order valence-corrected chi connectivity index (χ3v) is 3.49. The largest absolute Gasteiger partial charge is 0.390 e. The zero-order valence-electron chi connectivity index (χ0n) is 9.65. The van der Waals surface area contributed by atoms with Crippen molar-refractivity contribution in [2.24, 2.45) is 0 Å². The summed E-state index contributed by atoms with van der Waals surface area (Å²) in [6, 6.07) is 0. The Hall–Kier alpha value is 0.230. The third-order valence-electron chi connectivity index (χ3n) is 2.26. The number of hydrogen-bond acceptors (Lipinski definition) is 4. The van der Waals surface area contributed by atoms with Crippen molar-refractivity contribution in [1.82, 2.24) is 0 Å².